The molecule has 3 aromatic rings. The van der Waals surface area contributed by atoms with Crippen molar-refractivity contribution >= 4 is 46.4 Å². The maximum absolute atomic E-state index is 12.1. The van der Waals surface area contributed by atoms with Gasteiger partial charge in [-0.25, -0.2) is 0 Å². The molecule has 42 heavy (non-hydrogen) atoms. The van der Waals surface area contributed by atoms with Crippen LogP contribution in [0.2, 0.25) is 0 Å². The maximum Gasteiger partial charge on any atom is 0.276 e. The van der Waals surface area contributed by atoms with Crippen LogP contribution in [0.1, 0.15) is 41.6 Å². The van der Waals surface area contributed by atoms with Gasteiger partial charge in [0.2, 0.25) is 0 Å². The van der Waals surface area contributed by atoms with Gasteiger partial charge < -0.3 is 19.9 Å². The third-order valence-corrected chi connectivity index (χ3v) is 8.49. The number of carbonyl (C=O) groups is 1. The van der Waals surface area contributed by atoms with Gasteiger partial charge in [0, 0.05) is 56.4 Å². The molecule has 5 rings (SSSR count). The number of anilines is 1. The number of aliphatic hydroxyl groups excluding tert-OH is 1. The summed E-state index contributed by atoms with van der Waals surface area (Å²) in [7, 11) is 0. The van der Waals surface area contributed by atoms with Crippen LogP contribution < -0.4 is 5.32 Å². The summed E-state index contributed by atoms with van der Waals surface area (Å²) < 4.78 is 11.1. The van der Waals surface area contributed by atoms with E-state index in [9.17, 15) is 9.90 Å². The van der Waals surface area contributed by atoms with Crippen LogP contribution in [0.25, 0.3) is 0 Å². The predicted molar refractivity (Wildman–Crippen MR) is 166 cm³/mol. The Kier molecular flexibility index (Phi) is 10.5. The van der Waals surface area contributed by atoms with Crippen molar-refractivity contribution in [3.63, 3.8) is 0 Å². The van der Waals surface area contributed by atoms with Crippen LogP contribution >= 0.6 is 34.8 Å². The number of aliphatic hydroxyl groups is 1. The molecule has 1 amide bonds. The fraction of sp³-hybridized carbons (Fsp3) is 0.406. The van der Waals surface area contributed by atoms with Gasteiger partial charge in [-0.15, -0.1) is 0 Å². The number of amides is 1. The van der Waals surface area contributed by atoms with Crippen molar-refractivity contribution in [1.29, 1.82) is 0 Å². The molecule has 2 aliphatic heterocycles. The quantitative estimate of drug-likeness (QED) is 0.293. The lowest BCUT2D eigenvalue weighted by molar-refractivity contribution is -0.276. The van der Waals surface area contributed by atoms with Crippen molar-refractivity contribution in [3.8, 4) is 0 Å². The van der Waals surface area contributed by atoms with E-state index in [1.54, 1.807) is 12.1 Å². The second-order valence-electron chi connectivity index (χ2n) is 11.0. The minimum Gasteiger partial charge on any atom is -0.392 e. The molecular weight excluding hydrogens is 597 g/mol. The summed E-state index contributed by atoms with van der Waals surface area (Å²) in [6, 6.07) is 25.7. The van der Waals surface area contributed by atoms with E-state index in [4.69, 9.17) is 44.3 Å². The van der Waals surface area contributed by atoms with E-state index in [0.29, 0.717) is 5.69 Å². The van der Waals surface area contributed by atoms with E-state index < -0.39 is 16.0 Å². The Morgan fingerprint density at radius 2 is 1.48 bits per heavy atom. The van der Waals surface area contributed by atoms with Gasteiger partial charge >= 0.3 is 0 Å². The number of benzene rings is 3. The number of hydrogen-bond donors (Lipinski definition) is 2. The lowest BCUT2D eigenvalue weighted by Crippen LogP contribution is -2.51. The van der Waals surface area contributed by atoms with Gasteiger partial charge in [0.25, 0.3) is 9.70 Å². The van der Waals surface area contributed by atoms with E-state index in [-0.39, 0.29) is 24.7 Å². The molecule has 2 fully saturated rings. The summed E-state index contributed by atoms with van der Waals surface area (Å²) in [5.41, 5.74) is 4.55. The summed E-state index contributed by atoms with van der Waals surface area (Å²) in [4.78, 5) is 17.0. The van der Waals surface area contributed by atoms with Crippen LogP contribution in [0.5, 0.6) is 0 Å². The summed E-state index contributed by atoms with van der Waals surface area (Å²) >= 11 is 17.1. The Morgan fingerprint density at radius 1 is 0.857 bits per heavy atom. The first-order valence-electron chi connectivity index (χ1n) is 14.2. The topological polar surface area (TPSA) is 74.3 Å². The van der Waals surface area contributed by atoms with Crippen molar-refractivity contribution in [2.24, 2.45) is 5.92 Å². The largest absolute Gasteiger partial charge is 0.392 e. The molecule has 7 nitrogen and oxygen atoms in total. The smallest absolute Gasteiger partial charge is 0.276 e. The van der Waals surface area contributed by atoms with Gasteiger partial charge in [0.1, 0.15) is 0 Å². The van der Waals surface area contributed by atoms with Gasteiger partial charge in [-0.2, -0.15) is 0 Å². The van der Waals surface area contributed by atoms with Crippen molar-refractivity contribution in [2.45, 2.75) is 42.4 Å². The van der Waals surface area contributed by atoms with Gasteiger partial charge in [-0.3, -0.25) is 14.6 Å². The van der Waals surface area contributed by atoms with Crippen molar-refractivity contribution < 1.29 is 19.4 Å². The van der Waals surface area contributed by atoms with Crippen LogP contribution in [-0.2, 0) is 27.4 Å². The number of carbonyl (C=O) groups excluding carboxylic acids is 1. The Morgan fingerprint density at radius 3 is 2.10 bits per heavy atom. The third kappa shape index (κ3) is 8.04. The molecule has 0 radical (unpaired) electrons. The fourth-order valence-corrected chi connectivity index (χ4v) is 5.62. The number of halogens is 3. The van der Waals surface area contributed by atoms with Crippen LogP contribution in [0, 0.1) is 5.92 Å². The van der Waals surface area contributed by atoms with Crippen molar-refractivity contribution in [2.75, 3.05) is 38.0 Å². The highest BCUT2D eigenvalue weighted by atomic mass is 35.6. The zero-order valence-corrected chi connectivity index (χ0v) is 25.7. The van der Waals surface area contributed by atoms with Gasteiger partial charge in [0.05, 0.1) is 18.8 Å². The predicted octanol–water partition coefficient (Wildman–Crippen LogP) is 6.10. The Bertz CT molecular complexity index is 1300. The Hall–Kier alpha value is -2.20. The lowest BCUT2D eigenvalue weighted by Gasteiger charge is -2.44. The van der Waals surface area contributed by atoms with Gasteiger partial charge in [-0.1, -0.05) is 108 Å². The molecule has 2 aliphatic rings. The lowest BCUT2D eigenvalue weighted by atomic mass is 9.90. The molecule has 0 aliphatic carbocycles. The second-order valence-corrected chi connectivity index (χ2v) is 13.2. The fourth-order valence-electron chi connectivity index (χ4n) is 5.48. The first-order valence-corrected chi connectivity index (χ1v) is 15.3. The minimum atomic E-state index is -2.05. The highest BCUT2D eigenvalue weighted by Gasteiger charge is 2.39. The molecule has 0 aromatic heterocycles. The van der Waals surface area contributed by atoms with E-state index >= 15 is 0 Å². The molecule has 0 spiro atoms. The van der Waals surface area contributed by atoms with E-state index in [0.717, 1.165) is 56.0 Å². The number of piperazine rings is 1. The van der Waals surface area contributed by atoms with Gasteiger partial charge in [-0.05, 0) is 28.8 Å². The summed E-state index contributed by atoms with van der Waals surface area (Å²) in [5, 5.41) is 12.1. The normalized spacial score (nSPS) is 23.9. The first-order chi connectivity index (χ1) is 20.2. The molecule has 224 valence electrons. The summed E-state index contributed by atoms with van der Waals surface area (Å²) in [6.07, 6.45) is -0.883. The van der Waals surface area contributed by atoms with E-state index in [1.165, 1.54) is 5.56 Å². The van der Waals surface area contributed by atoms with E-state index in [1.807, 2.05) is 36.4 Å². The van der Waals surface area contributed by atoms with Crippen LogP contribution in [0.3, 0.4) is 0 Å². The van der Waals surface area contributed by atoms with Crippen LogP contribution in [0.4, 0.5) is 5.69 Å². The summed E-state index contributed by atoms with van der Waals surface area (Å²) in [6.45, 7) is 7.87. The maximum atomic E-state index is 12.1. The molecule has 0 bridgehead atoms. The zero-order valence-electron chi connectivity index (χ0n) is 23.5. The Labute approximate surface area is 262 Å². The molecule has 10 heteroatoms. The highest BCUT2D eigenvalue weighted by Crippen LogP contribution is 2.42. The molecule has 0 saturated carbocycles. The average molecular weight is 633 g/mol. The number of nitrogens with zero attached hydrogens (tertiary/aromatic N) is 2. The Balaban J connectivity index is 1.28. The second kappa shape index (κ2) is 14.1. The average Bonchev–Trinajstić information content (AvgIpc) is 3.00. The monoisotopic (exact) mass is 631 g/mol. The van der Waals surface area contributed by atoms with Crippen LogP contribution in [0.15, 0.2) is 78.9 Å². The zero-order chi connectivity index (χ0) is 29.7. The van der Waals surface area contributed by atoms with E-state index in [2.05, 4.69) is 52.4 Å². The number of nitrogens with one attached hydrogen (secondary N) is 1. The number of hydrogen-bond acceptors (Lipinski definition) is 6. The molecule has 2 N–H and O–H groups in total. The molecule has 4 atom stereocenters. The summed E-state index contributed by atoms with van der Waals surface area (Å²) in [5.74, 6) is -0.638. The molecule has 2 saturated heterocycles. The highest BCUT2D eigenvalue weighted by molar-refractivity contribution is 6.76. The molecule has 3 aromatic carbocycles. The minimum absolute atomic E-state index is 0.00681. The number of ether oxygens (including phenoxy) is 2. The van der Waals surface area contributed by atoms with Crippen LogP contribution in [-0.4, -0.2) is 63.4 Å². The SMILES string of the molecule is C[C@H]1[C@@H](CN2CCN(Cc3ccccc3)CC2)O[C@@H](c2ccc(NC(=O)C(Cl)(Cl)Cl)cc2)O[C@H]1c1ccc(CO)cc1. The van der Waals surface area contributed by atoms with Gasteiger partial charge in [0.15, 0.2) is 6.29 Å². The number of rotatable bonds is 8. The third-order valence-electron chi connectivity index (χ3n) is 7.97. The molecular formula is C32H36Cl3N3O4. The molecule has 0 unspecified atom stereocenters. The molecule has 2 heterocycles. The number of alkyl halides is 3. The van der Waals surface area contributed by atoms with Crippen molar-refractivity contribution in [1.82, 2.24) is 9.80 Å². The first kappa shape index (κ1) is 31.2. The standard InChI is InChI=1S/C32H36Cl3N3O4/c1-22-28(20-38-17-15-37(16-18-38)19-23-5-3-2-4-6-23)41-30(42-29(22)25-9-7-24(21-39)8-10-25)26-11-13-27(14-12-26)36-31(40)32(33,34)35/h2-14,22,28-30,39H,15-21H2,1H3,(H,36,40)/t22-,28+,29+,30+/m0/s1. The van der Waals surface area contributed by atoms with Crippen molar-refractivity contribution in [3.05, 3.63) is 101 Å².